The van der Waals surface area contributed by atoms with E-state index in [0.717, 1.165) is 45.3 Å². The molecule has 0 spiro atoms. The SMILES string of the molecule is CS(=O)CCNC(=O)COc1ccc(CCCN2CCCC(NC(=O)c3nc(Cl)c(N)nc3N)C2)cc1. The Morgan fingerprint density at radius 2 is 1.97 bits per heavy atom. The van der Waals surface area contributed by atoms with E-state index in [2.05, 4.69) is 25.5 Å². The molecule has 13 heteroatoms. The zero-order valence-corrected chi connectivity index (χ0v) is 22.4. The lowest BCUT2D eigenvalue weighted by Gasteiger charge is -2.33. The van der Waals surface area contributed by atoms with E-state index in [1.54, 1.807) is 6.26 Å². The van der Waals surface area contributed by atoms with E-state index in [4.69, 9.17) is 27.8 Å². The fraction of sp³-hybridized carbons (Fsp3) is 0.500. The van der Waals surface area contributed by atoms with Gasteiger partial charge in [-0.2, -0.15) is 0 Å². The number of aryl methyl sites for hydroxylation is 1. The van der Waals surface area contributed by atoms with Crippen LogP contribution in [0, 0.1) is 0 Å². The number of piperidine rings is 1. The smallest absolute Gasteiger partial charge is 0.274 e. The molecular formula is C24H34ClN7O4S. The molecule has 1 aliphatic heterocycles. The normalized spacial score (nSPS) is 16.6. The number of benzene rings is 1. The van der Waals surface area contributed by atoms with Crippen LogP contribution in [0.2, 0.25) is 5.15 Å². The van der Waals surface area contributed by atoms with Gasteiger partial charge in [0.05, 0.1) is 0 Å². The third kappa shape index (κ3) is 9.45. The van der Waals surface area contributed by atoms with Gasteiger partial charge in [0.2, 0.25) is 0 Å². The van der Waals surface area contributed by atoms with Gasteiger partial charge in [-0.3, -0.25) is 13.8 Å². The largest absolute Gasteiger partial charge is 0.484 e. The first-order chi connectivity index (χ1) is 17.7. The summed E-state index contributed by atoms with van der Waals surface area (Å²) < 4.78 is 16.5. The summed E-state index contributed by atoms with van der Waals surface area (Å²) in [6.45, 7) is 2.92. The third-order valence-electron chi connectivity index (χ3n) is 5.91. The van der Waals surface area contributed by atoms with Crippen molar-refractivity contribution in [3.05, 3.63) is 40.7 Å². The number of nitrogens with two attached hydrogens (primary N) is 2. The zero-order chi connectivity index (χ0) is 26.8. The highest BCUT2D eigenvalue weighted by atomic mass is 35.5. The monoisotopic (exact) mass is 551 g/mol. The molecule has 2 heterocycles. The maximum atomic E-state index is 12.6. The van der Waals surface area contributed by atoms with Crippen LogP contribution in [0.1, 0.15) is 35.3 Å². The standard InChI is InChI=1S/C24H34ClN7O4S/c1-37(35)13-10-28-19(33)15-36-18-8-6-16(7-9-18)4-2-11-32-12-3-5-17(14-32)29-24(34)20-22(26)31-23(27)21(25)30-20/h6-9,17H,2-5,10-15H2,1H3,(H,28,33)(H,29,34)(H4,26,27,31). The Kier molecular flexibility index (Phi) is 10.9. The molecule has 2 unspecified atom stereocenters. The van der Waals surface area contributed by atoms with Crippen LogP contribution in [-0.4, -0.2) is 81.7 Å². The van der Waals surface area contributed by atoms with Crippen molar-refractivity contribution >= 4 is 45.9 Å². The van der Waals surface area contributed by atoms with Crippen molar-refractivity contribution in [2.24, 2.45) is 0 Å². The van der Waals surface area contributed by atoms with Crippen molar-refractivity contribution in [3.63, 3.8) is 0 Å². The number of anilines is 2. The number of rotatable bonds is 12. The van der Waals surface area contributed by atoms with Gasteiger partial charge in [0.25, 0.3) is 11.8 Å². The molecule has 3 rings (SSSR count). The zero-order valence-electron chi connectivity index (χ0n) is 20.9. The van der Waals surface area contributed by atoms with Crippen molar-refractivity contribution in [1.29, 1.82) is 0 Å². The van der Waals surface area contributed by atoms with Crippen LogP contribution in [-0.2, 0) is 22.0 Å². The number of likely N-dealkylation sites (tertiary alicyclic amines) is 1. The highest BCUT2D eigenvalue weighted by molar-refractivity contribution is 7.84. The summed E-state index contributed by atoms with van der Waals surface area (Å²) in [6.07, 6.45) is 5.31. The molecule has 1 saturated heterocycles. The maximum absolute atomic E-state index is 12.6. The minimum absolute atomic E-state index is 0.00695. The molecule has 2 amide bonds. The second-order valence-corrected chi connectivity index (χ2v) is 10.8. The molecule has 202 valence electrons. The molecule has 0 aliphatic carbocycles. The van der Waals surface area contributed by atoms with Gasteiger partial charge in [0.1, 0.15) is 5.75 Å². The Hall–Kier alpha value is -2.96. The molecule has 2 atom stereocenters. The average Bonchev–Trinajstić information content (AvgIpc) is 2.85. The number of hydrogen-bond acceptors (Lipinski definition) is 9. The molecule has 11 nitrogen and oxygen atoms in total. The summed E-state index contributed by atoms with van der Waals surface area (Å²) in [4.78, 5) is 34.6. The summed E-state index contributed by atoms with van der Waals surface area (Å²) >= 11 is 5.89. The van der Waals surface area contributed by atoms with Crippen LogP contribution in [0.25, 0.3) is 0 Å². The van der Waals surface area contributed by atoms with Gasteiger partial charge in [0, 0.05) is 41.9 Å². The number of amides is 2. The number of nitrogens with zero attached hydrogens (tertiary/aromatic N) is 3. The number of hydrogen-bond donors (Lipinski definition) is 4. The van der Waals surface area contributed by atoms with Crippen molar-refractivity contribution in [2.75, 3.05) is 56.3 Å². The van der Waals surface area contributed by atoms with E-state index in [1.165, 1.54) is 5.56 Å². The Morgan fingerprint density at radius 1 is 1.22 bits per heavy atom. The van der Waals surface area contributed by atoms with Crippen molar-refractivity contribution in [1.82, 2.24) is 25.5 Å². The first-order valence-electron chi connectivity index (χ1n) is 12.1. The van der Waals surface area contributed by atoms with Crippen LogP contribution in [0.15, 0.2) is 24.3 Å². The summed E-state index contributed by atoms with van der Waals surface area (Å²) in [5.41, 5.74) is 12.5. The van der Waals surface area contributed by atoms with E-state index in [1.807, 2.05) is 24.3 Å². The lowest BCUT2D eigenvalue weighted by molar-refractivity contribution is -0.122. The van der Waals surface area contributed by atoms with Crippen LogP contribution in [0.3, 0.4) is 0 Å². The molecule has 2 aromatic rings. The lowest BCUT2D eigenvalue weighted by atomic mass is 10.0. The molecule has 6 N–H and O–H groups in total. The van der Waals surface area contributed by atoms with Gasteiger partial charge in [-0.25, -0.2) is 9.97 Å². The first-order valence-corrected chi connectivity index (χ1v) is 14.2. The maximum Gasteiger partial charge on any atom is 0.274 e. The van der Waals surface area contributed by atoms with Crippen LogP contribution < -0.4 is 26.8 Å². The van der Waals surface area contributed by atoms with Gasteiger partial charge in [-0.05, 0) is 56.5 Å². The van der Waals surface area contributed by atoms with Crippen LogP contribution >= 0.6 is 11.6 Å². The molecular weight excluding hydrogens is 518 g/mol. The second kappa shape index (κ2) is 14.1. The fourth-order valence-corrected chi connectivity index (χ4v) is 4.55. The predicted molar refractivity (Wildman–Crippen MR) is 145 cm³/mol. The Labute approximate surface area is 224 Å². The second-order valence-electron chi connectivity index (χ2n) is 8.91. The van der Waals surface area contributed by atoms with E-state index in [-0.39, 0.29) is 41.0 Å². The highest BCUT2D eigenvalue weighted by Crippen LogP contribution is 2.19. The van der Waals surface area contributed by atoms with Gasteiger partial charge < -0.3 is 31.7 Å². The van der Waals surface area contributed by atoms with Crippen molar-refractivity contribution in [2.45, 2.75) is 31.7 Å². The van der Waals surface area contributed by atoms with Gasteiger partial charge in [-0.1, -0.05) is 23.7 Å². The van der Waals surface area contributed by atoms with Crippen molar-refractivity contribution in [3.8, 4) is 5.75 Å². The van der Waals surface area contributed by atoms with Crippen molar-refractivity contribution < 1.29 is 18.5 Å². The quantitative estimate of drug-likeness (QED) is 0.301. The molecule has 0 saturated carbocycles. The summed E-state index contributed by atoms with van der Waals surface area (Å²) in [7, 11) is -0.935. The van der Waals surface area contributed by atoms with Gasteiger partial charge in [-0.15, -0.1) is 0 Å². The number of carbonyl (C=O) groups excluding carboxylic acids is 2. The Balaban J connectivity index is 1.38. The Bertz CT molecular complexity index is 1100. The molecule has 1 aromatic carbocycles. The number of nitrogens with one attached hydrogen (secondary N) is 2. The summed E-state index contributed by atoms with van der Waals surface area (Å²) in [5.74, 6) is 0.358. The summed E-state index contributed by atoms with van der Waals surface area (Å²) in [5, 5.41) is 5.62. The number of nitrogen functional groups attached to an aromatic ring is 2. The molecule has 0 bridgehead atoms. The topological polar surface area (TPSA) is 166 Å². The number of aromatic nitrogens is 2. The fourth-order valence-electron chi connectivity index (χ4n) is 4.03. The third-order valence-corrected chi connectivity index (χ3v) is 6.96. The van der Waals surface area contributed by atoms with E-state index in [9.17, 15) is 13.8 Å². The molecule has 1 aliphatic rings. The minimum Gasteiger partial charge on any atom is -0.484 e. The van der Waals surface area contributed by atoms with Crippen LogP contribution in [0.5, 0.6) is 5.75 Å². The highest BCUT2D eigenvalue weighted by Gasteiger charge is 2.24. The summed E-state index contributed by atoms with van der Waals surface area (Å²) in [6, 6.07) is 7.69. The molecule has 37 heavy (non-hydrogen) atoms. The number of halogens is 1. The van der Waals surface area contributed by atoms with E-state index >= 15 is 0 Å². The van der Waals surface area contributed by atoms with E-state index < -0.39 is 16.7 Å². The number of carbonyl (C=O) groups is 2. The van der Waals surface area contributed by atoms with Crippen LogP contribution in [0.4, 0.5) is 11.6 Å². The Morgan fingerprint density at radius 3 is 2.70 bits per heavy atom. The predicted octanol–water partition coefficient (Wildman–Crippen LogP) is 0.995. The average molecular weight is 552 g/mol. The minimum atomic E-state index is -0.935. The molecule has 1 aromatic heterocycles. The lowest BCUT2D eigenvalue weighted by Crippen LogP contribution is -2.48. The molecule has 0 radical (unpaired) electrons. The first kappa shape index (κ1) is 28.6. The van der Waals surface area contributed by atoms with E-state index in [0.29, 0.717) is 18.0 Å². The van der Waals surface area contributed by atoms with Gasteiger partial charge >= 0.3 is 0 Å². The number of ether oxygens (including phenoxy) is 1. The molecule has 1 fully saturated rings. The van der Waals surface area contributed by atoms with Gasteiger partial charge in [0.15, 0.2) is 29.1 Å².